The Morgan fingerprint density at radius 3 is 2.50 bits per heavy atom. The fourth-order valence-corrected chi connectivity index (χ4v) is 1.95. The minimum Gasteiger partial charge on any atom is -0.481 e. The second kappa shape index (κ2) is 6.88. The molecule has 1 rings (SSSR count). The molecule has 0 fully saturated rings. The number of rotatable bonds is 6. The molecule has 0 aliphatic heterocycles. The van der Waals surface area contributed by atoms with Crippen molar-refractivity contribution >= 4 is 18.0 Å². The molecule has 0 saturated carbocycles. The lowest BCUT2D eigenvalue weighted by Gasteiger charge is -2.17. The van der Waals surface area contributed by atoms with Crippen molar-refractivity contribution in [3.8, 4) is 0 Å². The van der Waals surface area contributed by atoms with Gasteiger partial charge >= 0.3 is 5.97 Å². The van der Waals surface area contributed by atoms with E-state index in [1.165, 1.54) is 11.0 Å². The molecule has 0 unspecified atom stereocenters. The van der Waals surface area contributed by atoms with Gasteiger partial charge in [0.25, 0.3) is 0 Å². The summed E-state index contributed by atoms with van der Waals surface area (Å²) in [6.07, 6.45) is 3.17. The molecule has 0 aliphatic rings. The first kappa shape index (κ1) is 15.9. The number of aromatic nitrogens is 2. The summed E-state index contributed by atoms with van der Waals surface area (Å²) in [6, 6.07) is 0. The predicted octanol–water partition coefficient (Wildman–Crippen LogP) is 1.37. The Morgan fingerprint density at radius 2 is 2.05 bits per heavy atom. The van der Waals surface area contributed by atoms with Crippen LogP contribution in [-0.2, 0) is 16.6 Å². The minimum absolute atomic E-state index is 0.0433. The van der Waals surface area contributed by atoms with Crippen LogP contribution in [0.1, 0.15) is 30.3 Å². The Balaban J connectivity index is 2.77. The Labute approximate surface area is 118 Å². The topological polar surface area (TPSA) is 75.4 Å². The van der Waals surface area contributed by atoms with E-state index in [9.17, 15) is 9.59 Å². The number of amides is 1. The van der Waals surface area contributed by atoms with E-state index < -0.39 is 5.97 Å². The number of carboxylic acids is 1. The van der Waals surface area contributed by atoms with Crippen molar-refractivity contribution in [2.24, 2.45) is 7.05 Å². The third-order valence-corrected chi connectivity index (χ3v) is 3.25. The van der Waals surface area contributed by atoms with E-state index in [1.807, 2.05) is 27.8 Å². The molecule has 6 heteroatoms. The maximum atomic E-state index is 12.0. The van der Waals surface area contributed by atoms with Crippen LogP contribution in [0.2, 0.25) is 0 Å². The summed E-state index contributed by atoms with van der Waals surface area (Å²) < 4.78 is 1.77. The van der Waals surface area contributed by atoms with Crippen LogP contribution >= 0.6 is 0 Å². The van der Waals surface area contributed by atoms with E-state index in [1.54, 1.807) is 10.8 Å². The molecular weight excluding hydrogens is 258 g/mol. The standard InChI is InChI=1S/C14H21N3O3/c1-5-17(9-8-14(19)20)13(18)7-6-12-10(2)15-16(4)11(12)3/h6-7H,5,8-9H2,1-4H3,(H,19,20)/b7-6+. The highest BCUT2D eigenvalue weighted by atomic mass is 16.4. The van der Waals surface area contributed by atoms with Crippen molar-refractivity contribution < 1.29 is 14.7 Å². The predicted molar refractivity (Wildman–Crippen MR) is 76.2 cm³/mol. The summed E-state index contributed by atoms with van der Waals surface area (Å²) in [4.78, 5) is 24.1. The lowest BCUT2D eigenvalue weighted by molar-refractivity contribution is -0.137. The number of carboxylic acid groups (broad SMARTS) is 1. The Hall–Kier alpha value is -2.11. The van der Waals surface area contributed by atoms with Crippen molar-refractivity contribution in [2.45, 2.75) is 27.2 Å². The zero-order valence-electron chi connectivity index (χ0n) is 12.4. The number of aryl methyl sites for hydroxylation is 2. The summed E-state index contributed by atoms with van der Waals surface area (Å²) >= 11 is 0. The van der Waals surface area contributed by atoms with Gasteiger partial charge < -0.3 is 10.0 Å². The van der Waals surface area contributed by atoms with Crippen LogP contribution in [0.4, 0.5) is 0 Å². The molecule has 0 aliphatic carbocycles. The summed E-state index contributed by atoms with van der Waals surface area (Å²) in [5, 5.41) is 12.9. The molecule has 6 nitrogen and oxygen atoms in total. The van der Waals surface area contributed by atoms with Gasteiger partial charge in [-0.15, -0.1) is 0 Å². The molecule has 20 heavy (non-hydrogen) atoms. The van der Waals surface area contributed by atoms with Crippen molar-refractivity contribution in [2.75, 3.05) is 13.1 Å². The van der Waals surface area contributed by atoms with E-state index >= 15 is 0 Å². The normalized spacial score (nSPS) is 11.0. The molecule has 1 heterocycles. The van der Waals surface area contributed by atoms with Crippen LogP contribution in [0.3, 0.4) is 0 Å². The van der Waals surface area contributed by atoms with Gasteiger partial charge in [-0.2, -0.15) is 5.10 Å². The van der Waals surface area contributed by atoms with Crippen LogP contribution in [0, 0.1) is 13.8 Å². The van der Waals surface area contributed by atoms with Gasteiger partial charge in [0, 0.05) is 37.5 Å². The quantitative estimate of drug-likeness (QED) is 0.798. The number of nitrogens with zero attached hydrogens (tertiary/aromatic N) is 3. The number of likely N-dealkylation sites (N-methyl/N-ethyl adjacent to an activating group) is 1. The second-order valence-corrected chi connectivity index (χ2v) is 4.60. The molecule has 0 spiro atoms. The van der Waals surface area contributed by atoms with Gasteiger partial charge in [0.05, 0.1) is 12.1 Å². The third kappa shape index (κ3) is 3.94. The molecule has 0 radical (unpaired) electrons. The van der Waals surface area contributed by atoms with Gasteiger partial charge in [-0.1, -0.05) is 0 Å². The Kier molecular flexibility index (Phi) is 5.49. The fraction of sp³-hybridized carbons (Fsp3) is 0.500. The zero-order chi connectivity index (χ0) is 15.3. The first-order valence-corrected chi connectivity index (χ1v) is 6.55. The number of hydrogen-bond donors (Lipinski definition) is 1. The SMILES string of the molecule is CCN(CCC(=O)O)C(=O)/C=C/c1c(C)nn(C)c1C. The smallest absolute Gasteiger partial charge is 0.305 e. The van der Waals surface area contributed by atoms with Crippen LogP contribution in [0.15, 0.2) is 6.08 Å². The summed E-state index contributed by atoms with van der Waals surface area (Å²) in [7, 11) is 1.85. The van der Waals surface area contributed by atoms with Gasteiger partial charge in [0.1, 0.15) is 0 Å². The molecule has 110 valence electrons. The number of carbonyl (C=O) groups excluding carboxylic acids is 1. The first-order valence-electron chi connectivity index (χ1n) is 6.55. The molecule has 0 atom stereocenters. The lowest BCUT2D eigenvalue weighted by atomic mass is 10.2. The molecule has 1 aromatic rings. The van der Waals surface area contributed by atoms with Gasteiger partial charge in [-0.3, -0.25) is 14.3 Å². The van der Waals surface area contributed by atoms with E-state index in [-0.39, 0.29) is 18.9 Å². The summed E-state index contributed by atoms with van der Waals surface area (Å²) in [5.74, 6) is -1.09. The Morgan fingerprint density at radius 1 is 1.40 bits per heavy atom. The summed E-state index contributed by atoms with van der Waals surface area (Å²) in [5.41, 5.74) is 2.78. The fourth-order valence-electron chi connectivity index (χ4n) is 1.95. The summed E-state index contributed by atoms with van der Waals surface area (Å²) in [6.45, 7) is 6.36. The van der Waals surface area contributed by atoms with Crippen molar-refractivity contribution in [3.05, 3.63) is 23.0 Å². The average molecular weight is 279 g/mol. The second-order valence-electron chi connectivity index (χ2n) is 4.60. The van der Waals surface area contributed by atoms with Gasteiger partial charge in [0.15, 0.2) is 0 Å². The third-order valence-electron chi connectivity index (χ3n) is 3.25. The largest absolute Gasteiger partial charge is 0.481 e. The zero-order valence-corrected chi connectivity index (χ0v) is 12.4. The highest BCUT2D eigenvalue weighted by Crippen LogP contribution is 2.13. The van der Waals surface area contributed by atoms with Gasteiger partial charge in [-0.05, 0) is 26.8 Å². The highest BCUT2D eigenvalue weighted by molar-refractivity contribution is 5.92. The van der Waals surface area contributed by atoms with Crippen molar-refractivity contribution in [1.29, 1.82) is 0 Å². The van der Waals surface area contributed by atoms with E-state index in [4.69, 9.17) is 5.11 Å². The van der Waals surface area contributed by atoms with Crippen LogP contribution in [-0.4, -0.2) is 44.8 Å². The monoisotopic (exact) mass is 279 g/mol. The molecule has 0 aromatic carbocycles. The van der Waals surface area contributed by atoms with Crippen molar-refractivity contribution in [1.82, 2.24) is 14.7 Å². The van der Waals surface area contributed by atoms with Crippen LogP contribution in [0.25, 0.3) is 6.08 Å². The van der Waals surface area contributed by atoms with Gasteiger partial charge in [-0.25, -0.2) is 0 Å². The van der Waals surface area contributed by atoms with E-state index in [2.05, 4.69) is 5.10 Å². The number of hydrogen-bond acceptors (Lipinski definition) is 3. The van der Waals surface area contributed by atoms with Crippen molar-refractivity contribution in [3.63, 3.8) is 0 Å². The molecule has 1 N–H and O–H groups in total. The first-order chi connectivity index (χ1) is 9.36. The average Bonchev–Trinajstić information content (AvgIpc) is 2.61. The maximum Gasteiger partial charge on any atom is 0.305 e. The van der Waals surface area contributed by atoms with Gasteiger partial charge in [0.2, 0.25) is 5.91 Å². The van der Waals surface area contributed by atoms with E-state index in [0.717, 1.165) is 17.0 Å². The molecule has 1 amide bonds. The Bertz CT molecular complexity index is 532. The molecule has 0 bridgehead atoms. The number of aliphatic carboxylic acids is 1. The van der Waals surface area contributed by atoms with E-state index in [0.29, 0.717) is 6.54 Å². The minimum atomic E-state index is -0.904. The molecular formula is C14H21N3O3. The highest BCUT2D eigenvalue weighted by Gasteiger charge is 2.11. The maximum absolute atomic E-state index is 12.0. The molecule has 1 aromatic heterocycles. The molecule has 0 saturated heterocycles. The number of carbonyl (C=O) groups is 2. The lowest BCUT2D eigenvalue weighted by Crippen LogP contribution is -2.31. The van der Waals surface area contributed by atoms with Crippen LogP contribution in [0.5, 0.6) is 0 Å². The van der Waals surface area contributed by atoms with Crippen LogP contribution < -0.4 is 0 Å².